The molecule has 114 valence electrons. The fourth-order valence-corrected chi connectivity index (χ4v) is 1.92. The van der Waals surface area contributed by atoms with Gasteiger partial charge >= 0.3 is 0 Å². The third-order valence-electron chi connectivity index (χ3n) is 3.09. The second-order valence-corrected chi connectivity index (χ2v) is 5.30. The van der Waals surface area contributed by atoms with Crippen LogP contribution in [0.5, 0.6) is 11.8 Å². The summed E-state index contributed by atoms with van der Waals surface area (Å²) in [6, 6.07) is 1.66. The topological polar surface area (TPSA) is 56.3 Å². The standard InChI is InChI=1S/C15H27N3O2/c1-12(2)9-7-5-6-8-10-16-15-17-13(19-3)11-14(18-15)20-4/h11-12H,5-10H2,1-4H3,(H,16,17,18). The normalized spacial score (nSPS) is 10.7. The summed E-state index contributed by atoms with van der Waals surface area (Å²) < 4.78 is 10.2. The molecule has 0 saturated carbocycles. The Morgan fingerprint density at radius 2 is 1.60 bits per heavy atom. The van der Waals surface area contributed by atoms with E-state index in [0.29, 0.717) is 17.7 Å². The minimum Gasteiger partial charge on any atom is -0.481 e. The van der Waals surface area contributed by atoms with Crippen LogP contribution in [0.25, 0.3) is 0 Å². The number of hydrogen-bond acceptors (Lipinski definition) is 5. The molecule has 1 aromatic rings. The van der Waals surface area contributed by atoms with E-state index in [9.17, 15) is 0 Å². The zero-order chi connectivity index (χ0) is 14.8. The first-order valence-electron chi connectivity index (χ1n) is 7.36. The third kappa shape index (κ3) is 6.59. The maximum atomic E-state index is 5.11. The van der Waals surface area contributed by atoms with Crippen LogP contribution in [0.4, 0.5) is 5.95 Å². The molecule has 0 bridgehead atoms. The summed E-state index contributed by atoms with van der Waals surface area (Å²) >= 11 is 0. The lowest BCUT2D eigenvalue weighted by molar-refractivity contribution is 0.373. The van der Waals surface area contributed by atoms with Crippen molar-refractivity contribution in [2.45, 2.75) is 46.0 Å². The van der Waals surface area contributed by atoms with Crippen molar-refractivity contribution in [3.63, 3.8) is 0 Å². The molecular weight excluding hydrogens is 254 g/mol. The smallest absolute Gasteiger partial charge is 0.229 e. The first-order valence-corrected chi connectivity index (χ1v) is 7.36. The van der Waals surface area contributed by atoms with Crippen molar-refractivity contribution in [2.24, 2.45) is 5.92 Å². The van der Waals surface area contributed by atoms with Gasteiger partial charge in [-0.15, -0.1) is 0 Å². The van der Waals surface area contributed by atoms with E-state index in [1.807, 2.05) is 0 Å². The van der Waals surface area contributed by atoms with Crippen LogP contribution >= 0.6 is 0 Å². The van der Waals surface area contributed by atoms with Crippen molar-refractivity contribution in [1.29, 1.82) is 0 Å². The molecule has 1 aromatic heterocycles. The fourth-order valence-electron chi connectivity index (χ4n) is 1.92. The number of aromatic nitrogens is 2. The van der Waals surface area contributed by atoms with E-state index in [-0.39, 0.29) is 0 Å². The van der Waals surface area contributed by atoms with Gasteiger partial charge in [0.05, 0.1) is 20.3 Å². The van der Waals surface area contributed by atoms with Gasteiger partial charge in [0.1, 0.15) is 0 Å². The predicted molar refractivity (Wildman–Crippen MR) is 81.5 cm³/mol. The summed E-state index contributed by atoms with van der Waals surface area (Å²) in [6.07, 6.45) is 6.30. The minimum absolute atomic E-state index is 0.510. The largest absolute Gasteiger partial charge is 0.481 e. The Morgan fingerprint density at radius 3 is 2.15 bits per heavy atom. The van der Waals surface area contributed by atoms with E-state index < -0.39 is 0 Å². The Bertz CT molecular complexity index is 361. The van der Waals surface area contributed by atoms with Crippen LogP contribution in [0.1, 0.15) is 46.0 Å². The molecule has 0 fully saturated rings. The summed E-state index contributed by atoms with van der Waals surface area (Å²) in [5, 5.41) is 3.21. The SMILES string of the molecule is COc1cc(OC)nc(NCCCCCCC(C)C)n1. The Kier molecular flexibility index (Phi) is 7.77. The molecule has 0 aromatic carbocycles. The second kappa shape index (κ2) is 9.39. The number of rotatable bonds is 10. The van der Waals surface area contributed by atoms with Gasteiger partial charge in [-0.3, -0.25) is 0 Å². The van der Waals surface area contributed by atoms with E-state index in [1.165, 1.54) is 25.7 Å². The summed E-state index contributed by atoms with van der Waals surface area (Å²) in [7, 11) is 3.17. The van der Waals surface area contributed by atoms with Crippen LogP contribution in [-0.4, -0.2) is 30.7 Å². The van der Waals surface area contributed by atoms with E-state index >= 15 is 0 Å². The molecule has 5 heteroatoms. The molecule has 0 unspecified atom stereocenters. The van der Waals surface area contributed by atoms with E-state index in [1.54, 1.807) is 20.3 Å². The molecule has 0 atom stereocenters. The van der Waals surface area contributed by atoms with Crippen LogP contribution in [0.2, 0.25) is 0 Å². The zero-order valence-electron chi connectivity index (χ0n) is 13.1. The molecule has 1 N–H and O–H groups in total. The van der Waals surface area contributed by atoms with Crippen LogP contribution < -0.4 is 14.8 Å². The highest BCUT2D eigenvalue weighted by Gasteiger charge is 2.04. The van der Waals surface area contributed by atoms with Crippen molar-refractivity contribution in [2.75, 3.05) is 26.1 Å². The molecule has 0 amide bonds. The summed E-state index contributed by atoms with van der Waals surface area (Å²) in [6.45, 7) is 5.42. The van der Waals surface area contributed by atoms with Gasteiger partial charge < -0.3 is 14.8 Å². The molecule has 0 radical (unpaired) electrons. The van der Waals surface area contributed by atoms with Crippen molar-refractivity contribution >= 4 is 5.95 Å². The summed E-state index contributed by atoms with van der Waals surface area (Å²) in [5.74, 6) is 2.39. The first kappa shape index (κ1) is 16.5. The van der Waals surface area contributed by atoms with E-state index in [4.69, 9.17) is 9.47 Å². The lowest BCUT2D eigenvalue weighted by Crippen LogP contribution is -2.07. The van der Waals surface area contributed by atoms with Crippen molar-refractivity contribution in [3.8, 4) is 11.8 Å². The Morgan fingerprint density at radius 1 is 1.00 bits per heavy atom. The third-order valence-corrected chi connectivity index (χ3v) is 3.09. The van der Waals surface area contributed by atoms with Crippen molar-refractivity contribution in [3.05, 3.63) is 6.07 Å². The van der Waals surface area contributed by atoms with Gasteiger partial charge in [-0.05, 0) is 12.3 Å². The number of nitrogens with zero attached hydrogens (tertiary/aromatic N) is 2. The van der Waals surface area contributed by atoms with Gasteiger partial charge in [0.15, 0.2) is 0 Å². The van der Waals surface area contributed by atoms with Crippen LogP contribution in [0, 0.1) is 5.92 Å². The van der Waals surface area contributed by atoms with Gasteiger partial charge in [-0.1, -0.05) is 39.5 Å². The van der Waals surface area contributed by atoms with Crippen LogP contribution in [0.15, 0.2) is 6.07 Å². The lowest BCUT2D eigenvalue weighted by Gasteiger charge is -2.08. The van der Waals surface area contributed by atoms with Gasteiger partial charge in [0.25, 0.3) is 0 Å². The molecule has 0 aliphatic heterocycles. The van der Waals surface area contributed by atoms with Gasteiger partial charge in [0.2, 0.25) is 17.7 Å². The summed E-state index contributed by atoms with van der Waals surface area (Å²) in [4.78, 5) is 8.47. The molecule has 0 spiro atoms. The second-order valence-electron chi connectivity index (χ2n) is 5.30. The van der Waals surface area contributed by atoms with E-state index in [0.717, 1.165) is 18.9 Å². The molecule has 0 aliphatic carbocycles. The highest BCUT2D eigenvalue weighted by atomic mass is 16.5. The van der Waals surface area contributed by atoms with Crippen molar-refractivity contribution < 1.29 is 9.47 Å². The Balaban J connectivity index is 2.24. The Hall–Kier alpha value is -1.52. The molecule has 0 saturated heterocycles. The molecule has 20 heavy (non-hydrogen) atoms. The Labute approximate surface area is 122 Å². The number of ether oxygens (including phenoxy) is 2. The quantitative estimate of drug-likeness (QED) is 0.665. The fraction of sp³-hybridized carbons (Fsp3) is 0.733. The number of nitrogens with one attached hydrogen (secondary N) is 1. The average Bonchev–Trinajstić information content (AvgIpc) is 2.45. The number of methoxy groups -OCH3 is 2. The first-order chi connectivity index (χ1) is 9.65. The number of anilines is 1. The van der Waals surface area contributed by atoms with Gasteiger partial charge in [-0.2, -0.15) is 9.97 Å². The predicted octanol–water partition coefficient (Wildman–Crippen LogP) is 3.51. The summed E-state index contributed by atoms with van der Waals surface area (Å²) in [5.41, 5.74) is 0. The maximum absolute atomic E-state index is 5.11. The molecule has 0 aliphatic rings. The van der Waals surface area contributed by atoms with E-state index in [2.05, 4.69) is 29.1 Å². The minimum atomic E-state index is 0.510. The lowest BCUT2D eigenvalue weighted by atomic mass is 10.0. The van der Waals surface area contributed by atoms with Crippen LogP contribution in [-0.2, 0) is 0 Å². The zero-order valence-corrected chi connectivity index (χ0v) is 13.1. The van der Waals surface area contributed by atoms with Crippen LogP contribution in [0.3, 0.4) is 0 Å². The molecule has 1 heterocycles. The maximum Gasteiger partial charge on any atom is 0.229 e. The monoisotopic (exact) mass is 281 g/mol. The highest BCUT2D eigenvalue weighted by Crippen LogP contribution is 2.17. The molecule has 5 nitrogen and oxygen atoms in total. The van der Waals surface area contributed by atoms with Crippen molar-refractivity contribution in [1.82, 2.24) is 9.97 Å². The van der Waals surface area contributed by atoms with Gasteiger partial charge in [0, 0.05) is 6.54 Å². The molecule has 1 rings (SSSR count). The number of unbranched alkanes of at least 4 members (excludes halogenated alkanes) is 3. The van der Waals surface area contributed by atoms with Gasteiger partial charge in [-0.25, -0.2) is 0 Å². The number of hydrogen-bond donors (Lipinski definition) is 1. The highest BCUT2D eigenvalue weighted by molar-refractivity contribution is 5.33. The molecular formula is C15H27N3O2. The average molecular weight is 281 g/mol.